The molecule has 4 aromatic rings. The van der Waals surface area contributed by atoms with Crippen molar-refractivity contribution in [1.82, 2.24) is 30.4 Å². The van der Waals surface area contributed by atoms with Crippen LogP contribution in [0.15, 0.2) is 30.6 Å². The number of aromatic nitrogens is 6. The summed E-state index contributed by atoms with van der Waals surface area (Å²) in [5, 5.41) is 17.6. The first-order valence-electron chi connectivity index (χ1n) is 11.2. The molecule has 0 saturated heterocycles. The molecule has 1 aliphatic rings. The van der Waals surface area contributed by atoms with Crippen LogP contribution in [-0.4, -0.2) is 49.5 Å². The van der Waals surface area contributed by atoms with Crippen molar-refractivity contribution in [3.05, 3.63) is 47.5 Å². The number of hydrogen-bond acceptors (Lipinski definition) is 8. The number of benzene rings is 1. The van der Waals surface area contributed by atoms with Crippen molar-refractivity contribution in [3.63, 3.8) is 0 Å². The lowest BCUT2D eigenvalue weighted by Gasteiger charge is -2.26. The minimum Gasteiger partial charge on any atom is -0.486 e. The fraction of sp³-hybridized carbons (Fsp3) is 0.348. The van der Waals surface area contributed by atoms with E-state index in [1.807, 2.05) is 25.1 Å². The smallest absolute Gasteiger partial charge is 0.273 e. The highest BCUT2D eigenvalue weighted by Crippen LogP contribution is 2.36. The molecule has 34 heavy (non-hydrogen) atoms. The number of fused-ring (bicyclic) bond motifs is 2. The minimum atomic E-state index is -0.334. The van der Waals surface area contributed by atoms with Crippen LogP contribution >= 0.6 is 0 Å². The number of aryl methyl sites for hydroxylation is 1. The van der Waals surface area contributed by atoms with E-state index in [4.69, 9.17) is 9.47 Å². The number of H-pyrrole nitrogens is 2. The van der Waals surface area contributed by atoms with E-state index in [1.165, 1.54) is 6.33 Å². The van der Waals surface area contributed by atoms with Crippen LogP contribution in [0.5, 0.6) is 11.5 Å². The summed E-state index contributed by atoms with van der Waals surface area (Å²) in [5.74, 6) is 2.44. The molecule has 4 N–H and O–H groups in total. The monoisotopic (exact) mass is 462 g/mol. The Kier molecular flexibility index (Phi) is 5.74. The summed E-state index contributed by atoms with van der Waals surface area (Å²) in [5.41, 5.74) is 2.65. The summed E-state index contributed by atoms with van der Waals surface area (Å²) >= 11 is 0. The van der Waals surface area contributed by atoms with Gasteiger partial charge in [-0.05, 0) is 36.1 Å². The largest absolute Gasteiger partial charge is 0.486 e. The van der Waals surface area contributed by atoms with E-state index in [-0.39, 0.29) is 17.9 Å². The highest BCUT2D eigenvalue weighted by Gasteiger charge is 2.22. The van der Waals surface area contributed by atoms with Crippen LogP contribution in [0.1, 0.15) is 48.6 Å². The summed E-state index contributed by atoms with van der Waals surface area (Å²) in [4.78, 5) is 24.7. The number of hydrogen-bond donors (Lipinski definition) is 4. The molecule has 0 fully saturated rings. The number of anilines is 2. The van der Waals surface area contributed by atoms with Gasteiger partial charge >= 0.3 is 0 Å². The Labute approximate surface area is 195 Å². The first-order valence-corrected chi connectivity index (χ1v) is 11.2. The molecule has 5 rings (SSSR count). The normalized spacial score (nSPS) is 13.8. The van der Waals surface area contributed by atoms with E-state index in [2.05, 4.69) is 54.8 Å². The van der Waals surface area contributed by atoms with E-state index in [1.54, 1.807) is 6.07 Å². The Morgan fingerprint density at radius 2 is 1.91 bits per heavy atom. The maximum Gasteiger partial charge on any atom is 0.273 e. The standard InChI is InChI=1S/C23H26N8O3/c1-4-15-22(30-31-29-15)28-23(32)16-10-14-20(26-16)24-11-25-21(14)27-19(12(2)3)13-5-6-17-18(9-13)34-8-7-33-17/h5-6,9-12,19H,4,7-8H2,1-3H3,(H2,24,25,26,27)(H2,28,29,30,31,32)/t19-/m1/s1. The number of amides is 1. The van der Waals surface area contributed by atoms with Crippen LogP contribution in [0.3, 0.4) is 0 Å². The van der Waals surface area contributed by atoms with Gasteiger partial charge in [0, 0.05) is 0 Å². The number of carbonyl (C=O) groups excluding carboxylic acids is 1. The molecule has 4 heterocycles. The third-order valence-electron chi connectivity index (χ3n) is 5.74. The van der Waals surface area contributed by atoms with Gasteiger partial charge in [-0.1, -0.05) is 26.8 Å². The highest BCUT2D eigenvalue weighted by atomic mass is 16.6. The third kappa shape index (κ3) is 4.12. The van der Waals surface area contributed by atoms with Gasteiger partial charge in [0.2, 0.25) is 0 Å². The van der Waals surface area contributed by atoms with Gasteiger partial charge in [0.1, 0.15) is 42.4 Å². The van der Waals surface area contributed by atoms with Gasteiger partial charge in [0.25, 0.3) is 5.91 Å². The van der Waals surface area contributed by atoms with Crippen LogP contribution in [0.2, 0.25) is 0 Å². The highest BCUT2D eigenvalue weighted by molar-refractivity contribution is 6.06. The second-order valence-electron chi connectivity index (χ2n) is 8.36. The maximum absolute atomic E-state index is 12.8. The van der Waals surface area contributed by atoms with E-state index >= 15 is 0 Å². The van der Waals surface area contributed by atoms with Crippen LogP contribution < -0.4 is 20.1 Å². The zero-order chi connectivity index (χ0) is 23.7. The lowest BCUT2D eigenvalue weighted by atomic mass is 9.95. The topological polar surface area (TPSA) is 143 Å². The molecule has 1 aromatic carbocycles. The Morgan fingerprint density at radius 3 is 2.71 bits per heavy atom. The molecule has 1 aliphatic heterocycles. The molecule has 11 nitrogen and oxygen atoms in total. The Morgan fingerprint density at radius 1 is 1.09 bits per heavy atom. The molecular formula is C23H26N8O3. The average molecular weight is 463 g/mol. The van der Waals surface area contributed by atoms with Crippen molar-refractivity contribution in [2.24, 2.45) is 5.92 Å². The Hall–Kier alpha value is -4.15. The summed E-state index contributed by atoms with van der Waals surface area (Å²) in [7, 11) is 0. The first kappa shape index (κ1) is 21.7. The van der Waals surface area contributed by atoms with Crippen molar-refractivity contribution in [3.8, 4) is 11.5 Å². The third-order valence-corrected chi connectivity index (χ3v) is 5.74. The van der Waals surface area contributed by atoms with Gasteiger partial charge in [-0.2, -0.15) is 10.3 Å². The van der Waals surface area contributed by atoms with Crippen LogP contribution in [0, 0.1) is 5.92 Å². The first-order chi connectivity index (χ1) is 16.5. The van der Waals surface area contributed by atoms with Gasteiger partial charge in [-0.15, -0.1) is 5.10 Å². The minimum absolute atomic E-state index is 0.0525. The molecule has 0 bridgehead atoms. The number of carbonyl (C=O) groups is 1. The van der Waals surface area contributed by atoms with Gasteiger partial charge in [0.05, 0.1) is 11.4 Å². The predicted octanol–water partition coefficient (Wildman–Crippen LogP) is 3.47. The lowest BCUT2D eigenvalue weighted by molar-refractivity contribution is 0.102. The van der Waals surface area contributed by atoms with E-state index < -0.39 is 0 Å². The quantitative estimate of drug-likeness (QED) is 0.327. The van der Waals surface area contributed by atoms with Crippen molar-refractivity contribution < 1.29 is 14.3 Å². The number of ether oxygens (including phenoxy) is 2. The molecule has 0 saturated carbocycles. The zero-order valence-electron chi connectivity index (χ0n) is 19.2. The van der Waals surface area contributed by atoms with Crippen molar-refractivity contribution >= 4 is 28.6 Å². The van der Waals surface area contributed by atoms with Gasteiger partial charge < -0.3 is 25.1 Å². The van der Waals surface area contributed by atoms with Crippen molar-refractivity contribution in [1.29, 1.82) is 0 Å². The number of rotatable bonds is 7. The summed E-state index contributed by atoms with van der Waals surface area (Å²) in [6, 6.07) is 7.65. The van der Waals surface area contributed by atoms with Gasteiger partial charge in [-0.3, -0.25) is 4.79 Å². The fourth-order valence-corrected chi connectivity index (χ4v) is 3.99. The molecule has 1 atom stereocenters. The van der Waals surface area contributed by atoms with Crippen molar-refractivity contribution in [2.45, 2.75) is 33.2 Å². The summed E-state index contributed by atoms with van der Waals surface area (Å²) in [6.45, 7) is 7.29. The molecular weight excluding hydrogens is 436 g/mol. The van der Waals surface area contributed by atoms with Crippen LogP contribution in [0.25, 0.3) is 11.0 Å². The second-order valence-corrected chi connectivity index (χ2v) is 8.36. The molecule has 3 aromatic heterocycles. The number of nitrogens with one attached hydrogen (secondary N) is 4. The van der Waals surface area contributed by atoms with Crippen LogP contribution in [-0.2, 0) is 6.42 Å². The number of aromatic amines is 2. The Bertz CT molecular complexity index is 1330. The van der Waals surface area contributed by atoms with E-state index in [9.17, 15) is 4.79 Å². The van der Waals surface area contributed by atoms with Gasteiger partial charge in [-0.25, -0.2) is 9.97 Å². The molecule has 0 radical (unpaired) electrons. The van der Waals surface area contributed by atoms with Gasteiger partial charge in [0.15, 0.2) is 17.3 Å². The Balaban J connectivity index is 1.43. The molecule has 1 amide bonds. The molecule has 176 valence electrons. The van der Waals surface area contributed by atoms with Crippen molar-refractivity contribution in [2.75, 3.05) is 23.8 Å². The fourth-order valence-electron chi connectivity index (χ4n) is 3.99. The summed E-state index contributed by atoms with van der Waals surface area (Å²) < 4.78 is 11.4. The van der Waals surface area contributed by atoms with E-state index in [0.717, 1.165) is 17.1 Å². The zero-order valence-corrected chi connectivity index (χ0v) is 19.2. The number of nitrogens with zero attached hydrogens (tertiary/aromatic N) is 4. The maximum atomic E-state index is 12.8. The second kappa shape index (κ2) is 9.00. The molecule has 0 spiro atoms. The lowest BCUT2D eigenvalue weighted by Crippen LogP contribution is -2.19. The predicted molar refractivity (Wildman–Crippen MR) is 126 cm³/mol. The molecule has 11 heteroatoms. The summed E-state index contributed by atoms with van der Waals surface area (Å²) in [6.07, 6.45) is 2.12. The molecule has 0 unspecified atom stereocenters. The van der Waals surface area contributed by atoms with E-state index in [0.29, 0.717) is 53.7 Å². The molecule has 0 aliphatic carbocycles. The average Bonchev–Trinajstić information content (AvgIpc) is 3.49. The SMILES string of the molecule is CCc1n[nH]nc1NC(=O)c1cc2c(N[C@@H](c3ccc4c(c3)OCCO4)C(C)C)ncnc2[nH]1. The van der Waals surface area contributed by atoms with Crippen LogP contribution in [0.4, 0.5) is 11.6 Å².